The van der Waals surface area contributed by atoms with E-state index in [4.69, 9.17) is 19.2 Å². The number of fused-ring (bicyclic) bond motifs is 1. The lowest BCUT2D eigenvalue weighted by Gasteiger charge is -2.42. The minimum absolute atomic E-state index is 0.0762. The van der Waals surface area contributed by atoms with Gasteiger partial charge in [-0.3, -0.25) is 9.88 Å². The molecular formula is C33H55N5O6. The standard InChI is InChI=1S/C33H55N5O6/c1-31(2,3)42-28(39)37-21-18-34-22-25(37)23-36(26-16-12-14-24-15-13-17-35-27(24)26)19-10-11-20-38(29(40)43-32(4,5)6)30(41)44-33(7,8)9/h13,15,17,25-26,34H,10-12,14,16,18-23H2,1-9H3/t25-,26+/m1/s1. The van der Waals surface area contributed by atoms with Crippen molar-refractivity contribution in [3.63, 3.8) is 0 Å². The fourth-order valence-electron chi connectivity index (χ4n) is 5.55. The lowest BCUT2D eigenvalue weighted by molar-refractivity contribution is 0.000968. The summed E-state index contributed by atoms with van der Waals surface area (Å²) >= 11 is 0. The Bertz CT molecular complexity index is 1090. The van der Waals surface area contributed by atoms with Crippen LogP contribution in [0.15, 0.2) is 18.3 Å². The van der Waals surface area contributed by atoms with Gasteiger partial charge in [-0.05, 0) is 113 Å². The van der Waals surface area contributed by atoms with Crippen LogP contribution in [0.5, 0.6) is 0 Å². The Morgan fingerprint density at radius 2 is 1.55 bits per heavy atom. The topological polar surface area (TPSA) is 114 Å². The number of aryl methyl sites for hydroxylation is 1. The normalized spacial score (nSPS) is 19.3. The first-order chi connectivity index (χ1) is 20.4. The zero-order valence-corrected chi connectivity index (χ0v) is 28.4. The predicted octanol–water partition coefficient (Wildman–Crippen LogP) is 5.92. The van der Waals surface area contributed by atoms with E-state index < -0.39 is 29.0 Å². The van der Waals surface area contributed by atoms with Gasteiger partial charge in [0.1, 0.15) is 16.8 Å². The molecule has 0 aromatic carbocycles. The number of ether oxygens (including phenoxy) is 3. The summed E-state index contributed by atoms with van der Waals surface area (Å²) in [5, 5.41) is 3.45. The Morgan fingerprint density at radius 3 is 2.16 bits per heavy atom. The molecule has 0 radical (unpaired) electrons. The summed E-state index contributed by atoms with van der Waals surface area (Å²) in [4.78, 5) is 49.3. The molecule has 1 N–H and O–H groups in total. The van der Waals surface area contributed by atoms with Gasteiger partial charge >= 0.3 is 18.3 Å². The number of hydrogen-bond acceptors (Lipinski definition) is 9. The van der Waals surface area contributed by atoms with Crippen LogP contribution in [0.2, 0.25) is 0 Å². The average molecular weight is 618 g/mol. The number of nitrogens with one attached hydrogen (secondary N) is 1. The molecule has 2 atom stereocenters. The van der Waals surface area contributed by atoms with Crippen LogP contribution < -0.4 is 5.32 Å². The van der Waals surface area contributed by atoms with E-state index in [0.717, 1.165) is 29.9 Å². The number of rotatable bonds is 8. The number of aromatic nitrogens is 1. The highest BCUT2D eigenvalue weighted by molar-refractivity contribution is 5.88. The molecule has 2 aliphatic rings. The van der Waals surface area contributed by atoms with E-state index >= 15 is 0 Å². The van der Waals surface area contributed by atoms with Crippen molar-refractivity contribution in [1.82, 2.24) is 25.0 Å². The van der Waals surface area contributed by atoms with E-state index in [1.807, 2.05) is 37.9 Å². The van der Waals surface area contributed by atoms with Gasteiger partial charge in [0.2, 0.25) is 0 Å². The fraction of sp³-hybridized carbons (Fsp3) is 0.758. The molecule has 2 heterocycles. The van der Waals surface area contributed by atoms with Crippen LogP contribution in [-0.2, 0) is 20.6 Å². The van der Waals surface area contributed by atoms with Crippen LogP contribution >= 0.6 is 0 Å². The van der Waals surface area contributed by atoms with Crippen molar-refractivity contribution in [3.8, 4) is 0 Å². The fourth-order valence-corrected chi connectivity index (χ4v) is 5.55. The number of amides is 3. The van der Waals surface area contributed by atoms with Crippen molar-refractivity contribution < 1.29 is 28.6 Å². The van der Waals surface area contributed by atoms with Gasteiger partial charge in [-0.1, -0.05) is 6.07 Å². The molecule has 11 heteroatoms. The molecule has 1 aromatic heterocycles. The highest BCUT2D eigenvalue weighted by atomic mass is 16.6. The van der Waals surface area contributed by atoms with Gasteiger partial charge in [0, 0.05) is 38.9 Å². The Balaban J connectivity index is 1.77. The lowest BCUT2D eigenvalue weighted by atomic mass is 9.90. The van der Waals surface area contributed by atoms with Gasteiger partial charge in [0.25, 0.3) is 0 Å². The molecule has 1 aliphatic heterocycles. The zero-order chi connectivity index (χ0) is 32.7. The molecule has 11 nitrogen and oxygen atoms in total. The summed E-state index contributed by atoms with van der Waals surface area (Å²) in [6, 6.07) is 4.17. The van der Waals surface area contributed by atoms with E-state index in [-0.39, 0.29) is 24.7 Å². The van der Waals surface area contributed by atoms with E-state index in [2.05, 4.69) is 16.3 Å². The molecule has 1 aromatic rings. The zero-order valence-electron chi connectivity index (χ0n) is 28.4. The molecule has 0 unspecified atom stereocenters. The first-order valence-corrected chi connectivity index (χ1v) is 16.1. The molecule has 0 saturated carbocycles. The number of piperazine rings is 1. The summed E-state index contributed by atoms with van der Waals surface area (Å²) in [6.45, 7) is 19.8. The molecule has 0 bridgehead atoms. The highest BCUT2D eigenvalue weighted by Crippen LogP contribution is 2.33. The number of pyridine rings is 1. The molecule has 3 amide bonds. The molecule has 1 saturated heterocycles. The lowest BCUT2D eigenvalue weighted by Crippen LogP contribution is -2.58. The van der Waals surface area contributed by atoms with Gasteiger partial charge in [0.05, 0.1) is 17.8 Å². The van der Waals surface area contributed by atoms with Crippen molar-refractivity contribution in [3.05, 3.63) is 29.6 Å². The Hall–Kier alpha value is -2.92. The number of nitrogens with zero attached hydrogens (tertiary/aromatic N) is 4. The third-order valence-corrected chi connectivity index (χ3v) is 7.33. The second-order valence-electron chi connectivity index (χ2n) is 14.8. The van der Waals surface area contributed by atoms with Crippen LogP contribution in [-0.4, -0.2) is 100 Å². The maximum Gasteiger partial charge on any atom is 0.419 e. The van der Waals surface area contributed by atoms with Crippen LogP contribution in [0.25, 0.3) is 0 Å². The van der Waals surface area contributed by atoms with Crippen LogP contribution in [0.4, 0.5) is 14.4 Å². The number of hydrogen-bond donors (Lipinski definition) is 1. The summed E-state index contributed by atoms with van der Waals surface area (Å²) in [7, 11) is 0. The van der Waals surface area contributed by atoms with Crippen molar-refractivity contribution in [2.45, 2.75) is 123 Å². The van der Waals surface area contributed by atoms with Gasteiger partial charge in [-0.15, -0.1) is 0 Å². The largest absolute Gasteiger partial charge is 0.444 e. The molecule has 3 rings (SSSR count). The number of unbranched alkanes of at least 4 members (excludes halogenated alkanes) is 1. The second kappa shape index (κ2) is 14.9. The van der Waals surface area contributed by atoms with Crippen LogP contribution in [0, 0.1) is 0 Å². The van der Waals surface area contributed by atoms with E-state index in [9.17, 15) is 14.4 Å². The number of imide groups is 1. The molecule has 248 valence electrons. The smallest absolute Gasteiger partial charge is 0.419 e. The summed E-state index contributed by atoms with van der Waals surface area (Å²) < 4.78 is 16.8. The quantitative estimate of drug-likeness (QED) is 0.280. The van der Waals surface area contributed by atoms with Gasteiger partial charge in [-0.25, -0.2) is 19.3 Å². The van der Waals surface area contributed by atoms with E-state index in [1.54, 1.807) is 41.5 Å². The third kappa shape index (κ3) is 11.2. The van der Waals surface area contributed by atoms with Crippen molar-refractivity contribution in [2.24, 2.45) is 0 Å². The Morgan fingerprint density at radius 1 is 0.932 bits per heavy atom. The Labute approximate surface area is 264 Å². The van der Waals surface area contributed by atoms with Crippen molar-refractivity contribution >= 4 is 18.3 Å². The minimum Gasteiger partial charge on any atom is -0.444 e. The number of carbonyl (C=O) groups excluding carboxylic acids is 3. The predicted molar refractivity (Wildman–Crippen MR) is 169 cm³/mol. The molecule has 44 heavy (non-hydrogen) atoms. The summed E-state index contributed by atoms with van der Waals surface area (Å²) in [5.74, 6) is 0. The van der Waals surface area contributed by atoms with Crippen LogP contribution in [0.3, 0.4) is 0 Å². The third-order valence-electron chi connectivity index (χ3n) is 7.33. The van der Waals surface area contributed by atoms with E-state index in [1.165, 1.54) is 5.56 Å². The summed E-state index contributed by atoms with van der Waals surface area (Å²) in [5.41, 5.74) is 0.288. The van der Waals surface area contributed by atoms with Gasteiger partial charge in [0.15, 0.2) is 0 Å². The first-order valence-electron chi connectivity index (χ1n) is 16.1. The van der Waals surface area contributed by atoms with Crippen LogP contribution in [0.1, 0.15) is 105 Å². The first kappa shape index (κ1) is 35.6. The second-order valence-corrected chi connectivity index (χ2v) is 14.8. The molecule has 1 fully saturated rings. The van der Waals surface area contributed by atoms with Crippen molar-refractivity contribution in [2.75, 3.05) is 39.3 Å². The average Bonchev–Trinajstić information content (AvgIpc) is 2.89. The maximum atomic E-state index is 13.2. The molecule has 0 spiro atoms. The maximum absolute atomic E-state index is 13.2. The SMILES string of the molecule is CC(C)(C)OC(=O)N(CCCCN(C[C@H]1CNCCN1C(=O)OC(C)(C)C)[C@H]1CCCc2cccnc21)C(=O)OC(C)(C)C. The summed E-state index contributed by atoms with van der Waals surface area (Å²) in [6.07, 6.45) is 4.44. The molecular weight excluding hydrogens is 562 g/mol. The minimum atomic E-state index is -0.746. The monoisotopic (exact) mass is 617 g/mol. The highest BCUT2D eigenvalue weighted by Gasteiger charge is 2.35. The van der Waals surface area contributed by atoms with E-state index in [0.29, 0.717) is 45.6 Å². The molecule has 1 aliphatic carbocycles. The Kier molecular flexibility index (Phi) is 12.0. The number of carbonyl (C=O) groups is 3. The van der Waals surface area contributed by atoms with Gasteiger partial charge in [-0.2, -0.15) is 0 Å². The van der Waals surface area contributed by atoms with Crippen molar-refractivity contribution in [1.29, 1.82) is 0 Å². The van der Waals surface area contributed by atoms with Gasteiger partial charge < -0.3 is 24.4 Å².